The van der Waals surface area contributed by atoms with Gasteiger partial charge in [0.1, 0.15) is 0 Å². The maximum atomic E-state index is 8.70. The molecule has 0 fully saturated rings. The number of hydrogen-bond donors (Lipinski definition) is 3. The number of rotatable bonds is 1. The van der Waals surface area contributed by atoms with E-state index in [1.807, 2.05) is 0 Å². The zero-order valence-electron chi connectivity index (χ0n) is 4.95. The van der Waals surface area contributed by atoms with Crippen LogP contribution in [0, 0.1) is 0 Å². The molecule has 0 aromatic rings. The maximum absolute atomic E-state index is 8.70. The van der Waals surface area contributed by atoms with E-state index in [9.17, 15) is 0 Å². The SMILES string of the molecule is NCCN.[Ag+].[O]=[Cr](=[O])([O-])[OH]. The average molecular weight is 285 g/mol. The van der Waals surface area contributed by atoms with Crippen LogP contribution in [-0.4, -0.2) is 17.2 Å². The first-order chi connectivity index (χ1) is 3.91. The second-order valence-electron chi connectivity index (χ2n) is 1.01. The van der Waals surface area contributed by atoms with Crippen molar-refractivity contribution in [3.8, 4) is 0 Å². The van der Waals surface area contributed by atoms with Crippen molar-refractivity contribution >= 4 is 0 Å². The molecule has 0 aromatic carbocycles. The normalized spacial score (nSPS) is 8.80. The van der Waals surface area contributed by atoms with Gasteiger partial charge < -0.3 is 11.5 Å². The Bertz CT molecular complexity index is 124. The molecule has 0 aliphatic rings. The second-order valence-corrected chi connectivity index (χ2v) is 2.34. The van der Waals surface area contributed by atoms with Crippen LogP contribution in [0.4, 0.5) is 0 Å². The first-order valence-electron chi connectivity index (χ1n) is 2.00. The third-order valence-electron chi connectivity index (χ3n) is 0.167. The summed E-state index contributed by atoms with van der Waals surface area (Å²) in [6, 6.07) is 0. The first kappa shape index (κ1) is 17.0. The Morgan fingerprint density at radius 1 is 1.30 bits per heavy atom. The molecule has 0 aromatic heterocycles. The summed E-state index contributed by atoms with van der Waals surface area (Å²) < 4.78 is 33.1. The molecular weight excluding hydrogens is 276 g/mol. The van der Waals surface area contributed by atoms with Crippen LogP contribution in [0.3, 0.4) is 0 Å². The van der Waals surface area contributed by atoms with Crippen molar-refractivity contribution in [2.75, 3.05) is 13.1 Å². The summed E-state index contributed by atoms with van der Waals surface area (Å²) in [5, 5.41) is 0. The Kier molecular flexibility index (Phi) is 16.5. The van der Waals surface area contributed by atoms with Crippen LogP contribution in [-0.2, 0) is 43.6 Å². The molecular formula is C2H9AgCrN2O4. The second kappa shape index (κ2) is 9.71. The van der Waals surface area contributed by atoms with Gasteiger partial charge in [0.05, 0.1) is 0 Å². The Morgan fingerprint density at radius 3 is 1.40 bits per heavy atom. The van der Waals surface area contributed by atoms with Gasteiger partial charge in [-0.05, 0) is 0 Å². The molecule has 0 atom stereocenters. The van der Waals surface area contributed by atoms with E-state index in [4.69, 9.17) is 27.4 Å². The predicted octanol–water partition coefficient (Wildman–Crippen LogP) is -3.08. The van der Waals surface area contributed by atoms with Gasteiger partial charge in [-0.25, -0.2) is 0 Å². The summed E-state index contributed by atoms with van der Waals surface area (Å²) in [6.07, 6.45) is 0. The fourth-order valence-corrected chi connectivity index (χ4v) is 0. The topological polar surface area (TPSA) is 129 Å². The van der Waals surface area contributed by atoms with E-state index in [0.717, 1.165) is 0 Å². The Morgan fingerprint density at radius 2 is 1.40 bits per heavy atom. The zero-order valence-corrected chi connectivity index (χ0v) is 7.71. The molecule has 0 saturated heterocycles. The van der Waals surface area contributed by atoms with Gasteiger partial charge >= 0.3 is 51.9 Å². The molecule has 0 rings (SSSR count). The van der Waals surface area contributed by atoms with Gasteiger partial charge in [-0.3, -0.25) is 0 Å². The van der Waals surface area contributed by atoms with E-state index in [-0.39, 0.29) is 22.4 Å². The van der Waals surface area contributed by atoms with Gasteiger partial charge in [-0.2, -0.15) is 0 Å². The molecule has 0 radical (unpaired) electrons. The molecule has 0 spiro atoms. The van der Waals surface area contributed by atoms with Crippen molar-refractivity contribution in [1.82, 2.24) is 0 Å². The summed E-state index contributed by atoms with van der Waals surface area (Å²) >= 11 is -5.50. The quantitative estimate of drug-likeness (QED) is 0.438. The fraction of sp³-hybridized carbons (Fsp3) is 1.00. The minimum absolute atomic E-state index is 0. The van der Waals surface area contributed by atoms with E-state index in [1.54, 1.807) is 0 Å². The zero-order chi connectivity index (χ0) is 7.91. The van der Waals surface area contributed by atoms with E-state index >= 15 is 0 Å². The summed E-state index contributed by atoms with van der Waals surface area (Å²) in [4.78, 5) is 0. The molecule has 6 nitrogen and oxygen atoms in total. The van der Waals surface area contributed by atoms with Gasteiger partial charge in [0.15, 0.2) is 0 Å². The van der Waals surface area contributed by atoms with Gasteiger partial charge in [0.25, 0.3) is 0 Å². The molecule has 8 heteroatoms. The minimum atomic E-state index is -5.50. The molecule has 0 heterocycles. The molecule has 10 heavy (non-hydrogen) atoms. The van der Waals surface area contributed by atoms with E-state index < -0.39 is 13.6 Å². The molecule has 0 unspecified atom stereocenters. The van der Waals surface area contributed by atoms with Crippen LogP contribution in [0.1, 0.15) is 0 Å². The van der Waals surface area contributed by atoms with Crippen molar-refractivity contribution < 1.29 is 51.9 Å². The molecule has 0 bridgehead atoms. The molecule has 0 aliphatic carbocycles. The molecule has 0 saturated carbocycles. The van der Waals surface area contributed by atoms with Gasteiger partial charge in [0.2, 0.25) is 0 Å². The van der Waals surface area contributed by atoms with E-state index in [0.29, 0.717) is 13.1 Å². The molecule has 68 valence electrons. The first-order valence-corrected chi connectivity index (χ1v) is 4.13. The standard InChI is InChI=1S/C2H8N2.Ag.Cr.H2O.3O/c3-1-2-4;;;;;;/h1-4H2;;;1H2;;;/q;2*+1;;;;-1/p-1. The van der Waals surface area contributed by atoms with Gasteiger partial charge in [-0.1, -0.05) is 0 Å². The van der Waals surface area contributed by atoms with Crippen LogP contribution in [0.2, 0.25) is 0 Å². The van der Waals surface area contributed by atoms with E-state index in [1.165, 1.54) is 0 Å². The Hall–Kier alpha value is 0.713. The fourth-order valence-electron chi connectivity index (χ4n) is 0. The number of hydrogen-bond acceptors (Lipinski definition) is 5. The molecule has 5 N–H and O–H groups in total. The van der Waals surface area contributed by atoms with Crippen molar-refractivity contribution in [1.29, 1.82) is 0 Å². The summed E-state index contributed by atoms with van der Waals surface area (Å²) in [6.45, 7) is 1.19. The third kappa shape index (κ3) is 177. The third-order valence-corrected chi connectivity index (χ3v) is 0.167. The van der Waals surface area contributed by atoms with Crippen LogP contribution in [0.25, 0.3) is 0 Å². The molecule has 0 amide bonds. The Labute approximate surface area is 76.5 Å². The summed E-state index contributed by atoms with van der Waals surface area (Å²) in [7, 11) is 0. The van der Waals surface area contributed by atoms with Crippen molar-refractivity contribution in [3.05, 3.63) is 0 Å². The van der Waals surface area contributed by atoms with Crippen LogP contribution in [0.15, 0.2) is 0 Å². The van der Waals surface area contributed by atoms with Crippen LogP contribution >= 0.6 is 0 Å². The van der Waals surface area contributed by atoms with Gasteiger partial charge in [0, 0.05) is 13.1 Å². The van der Waals surface area contributed by atoms with E-state index in [2.05, 4.69) is 0 Å². The van der Waals surface area contributed by atoms with Crippen molar-refractivity contribution in [3.63, 3.8) is 0 Å². The van der Waals surface area contributed by atoms with Gasteiger partial charge in [-0.15, -0.1) is 0 Å². The summed E-state index contributed by atoms with van der Waals surface area (Å²) in [5.41, 5.74) is 9.81. The monoisotopic (exact) mass is 284 g/mol. The Balaban J connectivity index is -0.0000000910. The van der Waals surface area contributed by atoms with Crippen LogP contribution in [0.5, 0.6) is 0 Å². The van der Waals surface area contributed by atoms with Crippen LogP contribution < -0.4 is 15.6 Å². The molecule has 0 aliphatic heterocycles. The van der Waals surface area contributed by atoms with Crippen molar-refractivity contribution in [2.24, 2.45) is 11.5 Å². The predicted molar refractivity (Wildman–Crippen MR) is 21.7 cm³/mol. The van der Waals surface area contributed by atoms with Crippen molar-refractivity contribution in [2.45, 2.75) is 0 Å². The summed E-state index contributed by atoms with van der Waals surface area (Å²) in [5.74, 6) is 0. The number of nitrogens with two attached hydrogens (primary N) is 2. The average Bonchev–Trinajstić information content (AvgIpc) is 1.61.